The fraction of sp³-hybridized carbons (Fsp3) is 0.389. The molecule has 5 N–H and O–H groups in total. The van der Waals surface area contributed by atoms with Crippen LogP contribution in [0.2, 0.25) is 0 Å². The van der Waals surface area contributed by atoms with Gasteiger partial charge in [0.2, 0.25) is 5.95 Å². The van der Waals surface area contributed by atoms with E-state index in [4.69, 9.17) is 19.9 Å². The molecule has 2 aromatic carbocycles. The summed E-state index contributed by atoms with van der Waals surface area (Å²) in [6.45, 7) is 10.6. The van der Waals surface area contributed by atoms with Crippen molar-refractivity contribution < 1.29 is 28.5 Å². The van der Waals surface area contributed by atoms with Gasteiger partial charge in [0.1, 0.15) is 11.1 Å². The van der Waals surface area contributed by atoms with Crippen LogP contribution in [0.4, 0.5) is 28.7 Å². The number of carbonyl (C=O) groups excluding carboxylic acids is 2. The Morgan fingerprint density at radius 3 is 1.66 bits per heavy atom. The van der Waals surface area contributed by atoms with Gasteiger partial charge in [-0.1, -0.05) is 19.2 Å². The first kappa shape index (κ1) is 42.0. The molecule has 0 aliphatic carbocycles. The van der Waals surface area contributed by atoms with Gasteiger partial charge < -0.3 is 44.8 Å². The van der Waals surface area contributed by atoms with E-state index in [2.05, 4.69) is 51.9 Å². The molecule has 0 unspecified atom stereocenters. The molecule has 0 radical (unpaired) electrons. The Labute approximate surface area is 312 Å². The molecule has 2 aliphatic heterocycles. The van der Waals surface area contributed by atoms with Crippen molar-refractivity contribution in [1.82, 2.24) is 19.9 Å². The number of aromatic nitrogens is 4. The molecule has 6 rings (SSSR count). The van der Waals surface area contributed by atoms with Gasteiger partial charge in [-0.05, 0) is 68.6 Å². The predicted molar refractivity (Wildman–Crippen MR) is 207 cm³/mol. The fourth-order valence-corrected chi connectivity index (χ4v) is 5.22. The van der Waals surface area contributed by atoms with Crippen molar-refractivity contribution in [2.45, 2.75) is 26.4 Å². The molecule has 0 spiro atoms. The average molecular weight is 753 g/mol. The highest BCUT2D eigenvalue weighted by atomic mass is 32.2. The summed E-state index contributed by atoms with van der Waals surface area (Å²) in [5, 5.41) is 3.49. The number of nitrogens with one attached hydrogen (secondary N) is 3. The quantitative estimate of drug-likeness (QED) is 0.0827. The Kier molecular flexibility index (Phi) is 17.3. The molecular weight excluding hydrogens is 705 g/mol. The molecule has 17 heteroatoms. The van der Waals surface area contributed by atoms with E-state index < -0.39 is 23.1 Å². The SMILES string of the molecule is C.CCOC(=O)c1cnc(Nc2ccc(N3CCOCC3)cc2)[nH]c1=O.CCOC(=O)c1cnc(SC)[nH]c1=O.Nc1ccc(N2CCOCC2)cc1. The van der Waals surface area contributed by atoms with Gasteiger partial charge in [0.15, 0.2) is 5.16 Å². The number of esters is 2. The lowest BCUT2D eigenvalue weighted by atomic mass is 10.2. The number of hydrogen-bond donors (Lipinski definition) is 4. The Morgan fingerprint density at radius 2 is 1.23 bits per heavy atom. The van der Waals surface area contributed by atoms with Gasteiger partial charge in [-0.2, -0.15) is 0 Å². The first-order valence-electron chi connectivity index (χ1n) is 16.7. The van der Waals surface area contributed by atoms with Gasteiger partial charge in [0, 0.05) is 55.1 Å². The van der Waals surface area contributed by atoms with Crippen LogP contribution in [0.25, 0.3) is 0 Å². The van der Waals surface area contributed by atoms with Crippen molar-refractivity contribution >= 4 is 52.4 Å². The van der Waals surface area contributed by atoms with Crippen LogP contribution in [0, 0.1) is 0 Å². The second kappa shape index (κ2) is 21.9. The minimum absolute atomic E-state index is 0. The molecule has 4 aromatic rings. The number of nitrogen functional groups attached to an aromatic ring is 1. The monoisotopic (exact) mass is 752 g/mol. The number of ether oxygens (including phenoxy) is 4. The molecule has 4 heterocycles. The number of aromatic amines is 2. The fourth-order valence-electron chi connectivity index (χ4n) is 4.87. The second-order valence-electron chi connectivity index (χ2n) is 11.0. The number of hydrogen-bond acceptors (Lipinski definition) is 15. The van der Waals surface area contributed by atoms with Gasteiger partial charge in [-0.3, -0.25) is 14.6 Å². The van der Waals surface area contributed by atoms with E-state index in [9.17, 15) is 19.2 Å². The summed E-state index contributed by atoms with van der Waals surface area (Å²) < 4.78 is 20.1. The third-order valence-corrected chi connectivity index (χ3v) is 8.13. The van der Waals surface area contributed by atoms with Crippen LogP contribution in [0.1, 0.15) is 42.0 Å². The zero-order valence-corrected chi connectivity index (χ0v) is 30.2. The number of nitrogens with two attached hydrogens (primary N) is 1. The normalized spacial score (nSPS) is 13.6. The van der Waals surface area contributed by atoms with Crippen LogP contribution in [0.15, 0.2) is 75.7 Å². The van der Waals surface area contributed by atoms with E-state index >= 15 is 0 Å². The molecule has 2 aliphatic rings. The van der Waals surface area contributed by atoms with Crippen molar-refractivity contribution in [3.05, 3.63) is 92.8 Å². The van der Waals surface area contributed by atoms with Crippen LogP contribution in [0.3, 0.4) is 0 Å². The molecule has 16 nitrogen and oxygen atoms in total. The highest BCUT2D eigenvalue weighted by molar-refractivity contribution is 7.98. The third kappa shape index (κ3) is 13.0. The van der Waals surface area contributed by atoms with Crippen LogP contribution >= 0.6 is 11.8 Å². The molecule has 2 fully saturated rings. The lowest BCUT2D eigenvalue weighted by molar-refractivity contribution is 0.0514. The minimum atomic E-state index is -0.683. The van der Waals surface area contributed by atoms with E-state index in [1.807, 2.05) is 36.4 Å². The number of rotatable bonds is 9. The van der Waals surface area contributed by atoms with Crippen LogP contribution < -0.4 is 32.0 Å². The molecule has 2 saturated heterocycles. The maximum atomic E-state index is 12.0. The molecule has 0 bridgehead atoms. The zero-order chi connectivity index (χ0) is 37.3. The average Bonchev–Trinajstić information content (AvgIpc) is 3.17. The Balaban J connectivity index is 0.000000230. The van der Waals surface area contributed by atoms with E-state index in [1.54, 1.807) is 20.1 Å². The molecule has 0 atom stereocenters. The maximum Gasteiger partial charge on any atom is 0.345 e. The number of H-pyrrole nitrogens is 2. The number of thioether (sulfide) groups is 1. The lowest BCUT2D eigenvalue weighted by Crippen LogP contribution is -2.36. The number of anilines is 5. The summed E-state index contributed by atoms with van der Waals surface area (Å²) >= 11 is 1.30. The Hall–Kier alpha value is -5.39. The van der Waals surface area contributed by atoms with Crippen LogP contribution in [0.5, 0.6) is 0 Å². The van der Waals surface area contributed by atoms with Gasteiger partial charge >= 0.3 is 11.9 Å². The Morgan fingerprint density at radius 1 is 0.774 bits per heavy atom. The van der Waals surface area contributed by atoms with E-state index in [-0.39, 0.29) is 37.7 Å². The van der Waals surface area contributed by atoms with Gasteiger partial charge in [-0.25, -0.2) is 19.6 Å². The Bertz CT molecular complexity index is 1840. The van der Waals surface area contributed by atoms with Crippen LogP contribution in [-0.2, 0) is 18.9 Å². The standard InChI is InChI=1S/C17H20N4O4.C10H14N2O.C8H10N2O3S.CH4/c1-2-25-16(23)14-11-18-17(20-15(14)22)19-12-3-5-13(6-4-12)21-7-9-24-10-8-21;11-9-1-3-10(4-2-9)12-5-7-13-8-6-12;1-3-13-7(12)5-4-9-8(14-2)10-6(5)11;/h3-6,11H,2,7-10H2,1H3,(H2,18,19,20,22);1-4H,5-8,11H2;4H,3H2,1-2H3,(H,9,10,11);1H4. The second-order valence-corrected chi connectivity index (χ2v) is 11.8. The number of carbonyl (C=O) groups is 2. The number of benzene rings is 2. The zero-order valence-electron chi connectivity index (χ0n) is 29.4. The first-order valence-corrected chi connectivity index (χ1v) is 17.9. The highest BCUT2D eigenvalue weighted by Crippen LogP contribution is 2.21. The third-order valence-electron chi connectivity index (χ3n) is 7.53. The maximum absolute atomic E-state index is 12.0. The smallest absolute Gasteiger partial charge is 0.345 e. The topological polar surface area (TPSA) is 207 Å². The van der Waals surface area contributed by atoms with Crippen molar-refractivity contribution in [3.63, 3.8) is 0 Å². The summed E-state index contributed by atoms with van der Waals surface area (Å²) in [5.41, 5.74) is 8.37. The summed E-state index contributed by atoms with van der Waals surface area (Å²) in [7, 11) is 0. The summed E-state index contributed by atoms with van der Waals surface area (Å²) in [5.74, 6) is -1.07. The molecule has 0 saturated carbocycles. The van der Waals surface area contributed by atoms with Crippen molar-refractivity contribution in [1.29, 1.82) is 0 Å². The van der Waals surface area contributed by atoms with E-state index in [1.165, 1.54) is 29.8 Å². The predicted octanol–water partition coefficient (Wildman–Crippen LogP) is 3.94. The number of nitrogens with zero attached hydrogens (tertiary/aromatic N) is 4. The van der Waals surface area contributed by atoms with Gasteiger partial charge in [0.05, 0.1) is 45.8 Å². The molecule has 2 aromatic heterocycles. The molecular formula is C36H48N8O8S. The lowest BCUT2D eigenvalue weighted by Gasteiger charge is -2.28. The van der Waals surface area contributed by atoms with E-state index in [0.29, 0.717) is 5.16 Å². The molecule has 286 valence electrons. The van der Waals surface area contributed by atoms with Crippen molar-refractivity contribution in [3.8, 4) is 0 Å². The van der Waals surface area contributed by atoms with Crippen LogP contribution in [-0.4, -0.2) is 104 Å². The molecule has 53 heavy (non-hydrogen) atoms. The highest BCUT2D eigenvalue weighted by Gasteiger charge is 2.15. The first-order chi connectivity index (χ1) is 25.2. The number of morpholine rings is 2. The summed E-state index contributed by atoms with van der Waals surface area (Å²) in [4.78, 5) is 63.5. The van der Waals surface area contributed by atoms with Gasteiger partial charge in [0.25, 0.3) is 11.1 Å². The van der Waals surface area contributed by atoms with Gasteiger partial charge in [-0.15, -0.1) is 0 Å². The minimum Gasteiger partial charge on any atom is -0.462 e. The van der Waals surface area contributed by atoms with Crippen molar-refractivity contribution in [2.24, 2.45) is 0 Å². The summed E-state index contributed by atoms with van der Waals surface area (Å²) in [6.07, 6.45) is 4.21. The largest absolute Gasteiger partial charge is 0.462 e. The summed E-state index contributed by atoms with van der Waals surface area (Å²) in [6, 6.07) is 15.8. The van der Waals surface area contributed by atoms with Crippen molar-refractivity contribution in [2.75, 3.05) is 92.9 Å². The molecule has 0 amide bonds. The van der Waals surface area contributed by atoms with E-state index in [0.717, 1.165) is 69.7 Å².